The molecular formula is C21H19OPS2. The van der Waals surface area contributed by atoms with Crippen molar-refractivity contribution in [2.24, 2.45) is 0 Å². The van der Waals surface area contributed by atoms with Crippen molar-refractivity contribution in [3.8, 4) is 0 Å². The molecule has 3 aromatic rings. The summed E-state index contributed by atoms with van der Waals surface area (Å²) >= 11 is 7.25. The van der Waals surface area contributed by atoms with Gasteiger partial charge in [-0.1, -0.05) is 103 Å². The van der Waals surface area contributed by atoms with Crippen LogP contribution in [0.4, 0.5) is 0 Å². The van der Waals surface area contributed by atoms with Crippen LogP contribution >= 0.6 is 31.1 Å². The molecule has 0 aliphatic carbocycles. The first-order valence-corrected chi connectivity index (χ1v) is 11.1. The second-order valence-electron chi connectivity index (χ2n) is 5.72. The second kappa shape index (κ2) is 8.14. The summed E-state index contributed by atoms with van der Waals surface area (Å²) in [7, 11) is -3.00. The van der Waals surface area contributed by atoms with E-state index in [1.165, 1.54) is 17.3 Å². The van der Waals surface area contributed by atoms with Crippen LogP contribution in [0.2, 0.25) is 0 Å². The summed E-state index contributed by atoms with van der Waals surface area (Å²) < 4.78 is 14.7. The molecule has 25 heavy (non-hydrogen) atoms. The molecule has 1 nitrogen and oxygen atoms in total. The lowest BCUT2D eigenvalue weighted by atomic mass is 10.2. The predicted molar refractivity (Wildman–Crippen MR) is 115 cm³/mol. The topological polar surface area (TPSA) is 17.1 Å². The average molecular weight is 382 g/mol. The number of rotatable bonds is 5. The summed E-state index contributed by atoms with van der Waals surface area (Å²) in [5.41, 5.74) is 1.18. The van der Waals surface area contributed by atoms with Crippen molar-refractivity contribution in [3.63, 3.8) is 0 Å². The molecule has 0 amide bonds. The van der Waals surface area contributed by atoms with Gasteiger partial charge in [0.25, 0.3) is 0 Å². The van der Waals surface area contributed by atoms with Crippen molar-refractivity contribution in [2.75, 3.05) is 0 Å². The van der Waals surface area contributed by atoms with Crippen molar-refractivity contribution in [3.05, 3.63) is 96.6 Å². The summed E-state index contributed by atoms with van der Waals surface area (Å²) in [6.07, 6.45) is 0. The molecule has 0 N–H and O–H groups in total. The molecule has 0 aliphatic rings. The van der Waals surface area contributed by atoms with Gasteiger partial charge in [-0.3, -0.25) is 0 Å². The lowest BCUT2D eigenvalue weighted by molar-refractivity contribution is 0.594. The van der Waals surface area contributed by atoms with E-state index in [4.69, 9.17) is 12.2 Å². The summed E-state index contributed by atoms with van der Waals surface area (Å²) in [5, 5.41) is 1.73. The molecule has 0 bridgehead atoms. The van der Waals surface area contributed by atoms with Gasteiger partial charge in [0.05, 0.1) is 0 Å². The van der Waals surface area contributed by atoms with Crippen molar-refractivity contribution in [1.82, 2.24) is 0 Å². The van der Waals surface area contributed by atoms with Gasteiger partial charge < -0.3 is 4.57 Å². The highest BCUT2D eigenvalue weighted by molar-refractivity contribution is 8.39. The van der Waals surface area contributed by atoms with E-state index in [0.29, 0.717) is 3.94 Å². The molecule has 4 heteroatoms. The van der Waals surface area contributed by atoms with Crippen LogP contribution in [0.5, 0.6) is 0 Å². The van der Waals surface area contributed by atoms with Crippen LogP contribution in [0.1, 0.15) is 17.7 Å². The minimum atomic E-state index is -3.00. The molecule has 1 atom stereocenters. The Balaban J connectivity index is 1.98. The number of thiocarbonyl (C=S) groups is 1. The molecule has 3 rings (SSSR count). The molecule has 0 fully saturated rings. The van der Waals surface area contributed by atoms with Gasteiger partial charge in [0.1, 0.15) is 3.94 Å². The molecule has 0 aliphatic heterocycles. The van der Waals surface area contributed by atoms with Gasteiger partial charge in [-0.25, -0.2) is 0 Å². The molecule has 126 valence electrons. The maximum Gasteiger partial charge on any atom is 0.187 e. The molecule has 0 radical (unpaired) electrons. The summed E-state index contributed by atoms with van der Waals surface area (Å²) in [6.45, 7) is 2.10. The van der Waals surface area contributed by atoms with Crippen LogP contribution in [0.15, 0.2) is 91.0 Å². The quantitative estimate of drug-likeness (QED) is 0.411. The maximum atomic E-state index is 14.1. The fraction of sp³-hybridized carbons (Fsp3) is 0.0952. The van der Waals surface area contributed by atoms with Gasteiger partial charge >= 0.3 is 0 Å². The number of thioether (sulfide) groups is 1. The predicted octanol–water partition coefficient (Wildman–Crippen LogP) is 5.78. The highest BCUT2D eigenvalue weighted by Gasteiger charge is 2.33. The van der Waals surface area contributed by atoms with E-state index in [2.05, 4.69) is 19.1 Å². The smallest absolute Gasteiger partial charge is 0.187 e. The van der Waals surface area contributed by atoms with E-state index in [9.17, 15) is 4.57 Å². The van der Waals surface area contributed by atoms with E-state index in [1.54, 1.807) is 0 Å². The summed E-state index contributed by atoms with van der Waals surface area (Å²) in [5.74, 6) is 0. The fourth-order valence-corrected chi connectivity index (χ4v) is 7.92. The summed E-state index contributed by atoms with van der Waals surface area (Å²) in [6, 6.07) is 29.4. The zero-order chi connectivity index (χ0) is 17.7. The zero-order valence-electron chi connectivity index (χ0n) is 13.9. The summed E-state index contributed by atoms with van der Waals surface area (Å²) in [4.78, 5) is 0. The van der Waals surface area contributed by atoms with Gasteiger partial charge in [0, 0.05) is 15.9 Å². The van der Waals surface area contributed by atoms with Gasteiger partial charge in [0.15, 0.2) is 7.14 Å². The Morgan fingerprint density at radius 2 is 1.20 bits per heavy atom. The van der Waals surface area contributed by atoms with Crippen LogP contribution < -0.4 is 10.6 Å². The largest absolute Gasteiger partial charge is 0.307 e. The van der Waals surface area contributed by atoms with E-state index >= 15 is 0 Å². The van der Waals surface area contributed by atoms with E-state index in [-0.39, 0.29) is 5.25 Å². The highest BCUT2D eigenvalue weighted by atomic mass is 32.2. The Hall–Kier alpha value is -1.67. The van der Waals surface area contributed by atoms with Crippen molar-refractivity contribution in [2.45, 2.75) is 12.2 Å². The standard InChI is InChI=1S/C21H19OPS2/c1-17(18-11-5-2-6-12-18)25-21(24)23(22,19-13-7-3-8-14-19)20-15-9-4-10-16-20/h2-17H,1H3. The third-order valence-corrected chi connectivity index (χ3v) is 9.58. The Morgan fingerprint density at radius 3 is 1.64 bits per heavy atom. The van der Waals surface area contributed by atoms with Gasteiger partial charge in [-0.15, -0.1) is 11.8 Å². The molecular weight excluding hydrogens is 363 g/mol. The normalized spacial score (nSPS) is 12.5. The van der Waals surface area contributed by atoms with Crippen molar-refractivity contribution >= 4 is 45.7 Å². The molecule has 0 saturated carbocycles. The lowest BCUT2D eigenvalue weighted by Gasteiger charge is -2.22. The first kappa shape index (κ1) is 18.1. The molecule has 0 aromatic heterocycles. The van der Waals surface area contributed by atoms with E-state index in [0.717, 1.165) is 10.6 Å². The third kappa shape index (κ3) is 3.95. The Labute approximate surface area is 158 Å². The zero-order valence-corrected chi connectivity index (χ0v) is 16.4. The second-order valence-corrected chi connectivity index (χ2v) is 11.0. The lowest BCUT2D eigenvalue weighted by Crippen LogP contribution is -2.20. The van der Waals surface area contributed by atoms with Crippen LogP contribution in [-0.4, -0.2) is 3.94 Å². The number of hydrogen-bond donors (Lipinski definition) is 0. The average Bonchev–Trinajstić information content (AvgIpc) is 2.69. The van der Waals surface area contributed by atoms with Crippen LogP contribution in [0.25, 0.3) is 0 Å². The monoisotopic (exact) mass is 382 g/mol. The number of hydrogen-bond acceptors (Lipinski definition) is 3. The minimum absolute atomic E-state index is 0.148. The van der Waals surface area contributed by atoms with Gasteiger partial charge in [-0.2, -0.15) is 0 Å². The van der Waals surface area contributed by atoms with Crippen molar-refractivity contribution in [1.29, 1.82) is 0 Å². The van der Waals surface area contributed by atoms with E-state index in [1.807, 2.05) is 78.9 Å². The Kier molecular flexibility index (Phi) is 5.90. The Bertz CT molecular complexity index is 836. The first-order valence-electron chi connectivity index (χ1n) is 8.10. The minimum Gasteiger partial charge on any atom is -0.307 e. The van der Waals surface area contributed by atoms with Crippen LogP contribution in [0.3, 0.4) is 0 Å². The molecule has 0 saturated heterocycles. The highest BCUT2D eigenvalue weighted by Crippen LogP contribution is 2.52. The van der Waals surface area contributed by atoms with Crippen LogP contribution in [0, 0.1) is 0 Å². The molecule has 3 aromatic carbocycles. The maximum absolute atomic E-state index is 14.1. The van der Waals surface area contributed by atoms with Gasteiger partial charge in [-0.05, 0) is 12.5 Å². The molecule has 0 spiro atoms. The SMILES string of the molecule is CC(SC(=S)P(=O)(c1ccccc1)c1ccccc1)c1ccccc1. The van der Waals surface area contributed by atoms with E-state index < -0.39 is 7.14 Å². The fourth-order valence-electron chi connectivity index (χ4n) is 2.65. The first-order chi connectivity index (χ1) is 12.1. The number of benzene rings is 3. The third-order valence-electron chi connectivity index (χ3n) is 4.04. The van der Waals surface area contributed by atoms with Crippen LogP contribution in [-0.2, 0) is 4.57 Å². The molecule has 1 unspecified atom stereocenters. The molecule has 0 heterocycles. The van der Waals surface area contributed by atoms with Crippen molar-refractivity contribution < 1.29 is 4.57 Å². The van der Waals surface area contributed by atoms with Gasteiger partial charge in [0.2, 0.25) is 0 Å². The Morgan fingerprint density at radius 1 is 0.800 bits per heavy atom.